The summed E-state index contributed by atoms with van der Waals surface area (Å²) < 4.78 is 1.36. The van der Waals surface area contributed by atoms with E-state index in [2.05, 4.69) is 20.5 Å². The molecule has 1 amide bonds. The summed E-state index contributed by atoms with van der Waals surface area (Å²) in [6.45, 7) is 1.84. The van der Waals surface area contributed by atoms with Gasteiger partial charge in [0.05, 0.1) is 6.54 Å². The number of aryl methyl sites for hydroxylation is 1. The van der Waals surface area contributed by atoms with Gasteiger partial charge in [-0.25, -0.2) is 19.3 Å². The van der Waals surface area contributed by atoms with Gasteiger partial charge >= 0.3 is 5.69 Å². The van der Waals surface area contributed by atoms with Gasteiger partial charge in [0.15, 0.2) is 5.65 Å². The van der Waals surface area contributed by atoms with Crippen LogP contribution in [0.4, 0.5) is 5.82 Å². The number of hydrogen-bond donors (Lipinski definition) is 2. The van der Waals surface area contributed by atoms with Gasteiger partial charge in [0.2, 0.25) is 5.91 Å². The van der Waals surface area contributed by atoms with Crippen LogP contribution in [0.2, 0.25) is 0 Å². The molecule has 0 saturated carbocycles. The van der Waals surface area contributed by atoms with Crippen molar-refractivity contribution < 1.29 is 4.79 Å². The van der Waals surface area contributed by atoms with Gasteiger partial charge in [-0.2, -0.15) is 5.10 Å². The molecule has 2 aromatic heterocycles. The van der Waals surface area contributed by atoms with Gasteiger partial charge in [-0.3, -0.25) is 4.79 Å². The summed E-state index contributed by atoms with van der Waals surface area (Å²) in [5, 5.41) is 9.09. The lowest BCUT2D eigenvalue weighted by atomic mass is 10.4. The summed E-state index contributed by atoms with van der Waals surface area (Å²) in [4.78, 5) is 28.5. The van der Waals surface area contributed by atoms with Gasteiger partial charge in [0.25, 0.3) is 0 Å². The molecule has 2 rings (SSSR count). The first kappa shape index (κ1) is 12.1. The summed E-state index contributed by atoms with van der Waals surface area (Å²) in [6, 6.07) is 1.60. The topological polar surface area (TPSA) is 95.4 Å². The van der Waals surface area contributed by atoms with Crippen molar-refractivity contribution >= 4 is 17.4 Å². The number of hydrogen-bond acceptors (Lipinski definition) is 5. The Bertz CT molecular complexity index is 641. The van der Waals surface area contributed by atoms with Crippen molar-refractivity contribution in [2.45, 2.75) is 6.92 Å². The molecule has 0 atom stereocenters. The quantitative estimate of drug-likeness (QED) is 0.745. The van der Waals surface area contributed by atoms with E-state index in [1.165, 1.54) is 9.30 Å². The Labute approximate surface area is 103 Å². The number of aromatic amines is 1. The molecule has 0 aromatic carbocycles. The minimum Gasteiger partial charge on any atom is -0.361 e. The first-order chi connectivity index (χ1) is 8.49. The molecule has 0 fully saturated rings. The minimum absolute atomic E-state index is 0.0613. The molecule has 2 aromatic rings. The van der Waals surface area contributed by atoms with E-state index >= 15 is 0 Å². The second-order valence-electron chi connectivity index (χ2n) is 4.05. The third-order valence-corrected chi connectivity index (χ3v) is 2.49. The molecular weight excluding hydrogens is 236 g/mol. The van der Waals surface area contributed by atoms with Crippen molar-refractivity contribution in [3.05, 3.63) is 22.4 Å². The lowest BCUT2D eigenvalue weighted by molar-refractivity contribution is -0.126. The first-order valence-electron chi connectivity index (χ1n) is 5.38. The van der Waals surface area contributed by atoms with Crippen LogP contribution < -0.4 is 11.0 Å². The van der Waals surface area contributed by atoms with E-state index in [9.17, 15) is 9.59 Å². The molecule has 0 unspecified atom stereocenters. The number of rotatable bonds is 3. The van der Waals surface area contributed by atoms with Crippen LogP contribution in [0, 0.1) is 6.92 Å². The fraction of sp³-hybridized carbons (Fsp3) is 0.400. The van der Waals surface area contributed by atoms with Crippen LogP contribution in [0.1, 0.15) is 5.82 Å². The third kappa shape index (κ3) is 2.17. The Kier molecular flexibility index (Phi) is 3.00. The molecular formula is C10H14N6O2. The highest BCUT2D eigenvalue weighted by atomic mass is 16.2. The molecule has 0 aliphatic rings. The molecule has 0 aliphatic carbocycles. The zero-order valence-electron chi connectivity index (χ0n) is 10.4. The van der Waals surface area contributed by atoms with E-state index in [-0.39, 0.29) is 18.1 Å². The van der Waals surface area contributed by atoms with Crippen molar-refractivity contribution in [2.24, 2.45) is 0 Å². The smallest absolute Gasteiger partial charge is 0.349 e. The largest absolute Gasteiger partial charge is 0.361 e. The van der Waals surface area contributed by atoms with Crippen molar-refractivity contribution in [2.75, 3.05) is 26.0 Å². The SMILES string of the molecule is Cc1nc(NCC(=O)N(C)C)cc2n[nH]c(=O)n12. The number of nitrogens with one attached hydrogen (secondary N) is 2. The number of amides is 1. The number of H-pyrrole nitrogens is 1. The number of carbonyl (C=O) groups is 1. The van der Waals surface area contributed by atoms with E-state index in [0.29, 0.717) is 17.3 Å². The predicted molar refractivity (Wildman–Crippen MR) is 65.5 cm³/mol. The first-order valence-corrected chi connectivity index (χ1v) is 5.38. The van der Waals surface area contributed by atoms with Gasteiger partial charge in [-0.05, 0) is 6.92 Å². The van der Waals surface area contributed by atoms with Crippen LogP contribution in [0.15, 0.2) is 10.9 Å². The molecule has 8 nitrogen and oxygen atoms in total. The molecule has 0 saturated heterocycles. The lowest BCUT2D eigenvalue weighted by Gasteiger charge is -2.11. The van der Waals surface area contributed by atoms with E-state index in [0.717, 1.165) is 0 Å². The Morgan fingerprint density at radius 1 is 1.56 bits per heavy atom. The molecule has 0 spiro atoms. The summed E-state index contributed by atoms with van der Waals surface area (Å²) >= 11 is 0. The molecule has 0 aliphatic heterocycles. The normalized spacial score (nSPS) is 10.6. The molecule has 0 radical (unpaired) electrons. The van der Waals surface area contributed by atoms with Gasteiger partial charge in [0, 0.05) is 20.2 Å². The summed E-state index contributed by atoms with van der Waals surface area (Å²) in [7, 11) is 3.36. The van der Waals surface area contributed by atoms with Crippen LogP contribution in [0.3, 0.4) is 0 Å². The zero-order valence-corrected chi connectivity index (χ0v) is 10.4. The number of anilines is 1. The van der Waals surface area contributed by atoms with E-state index in [1.54, 1.807) is 27.1 Å². The Morgan fingerprint density at radius 3 is 2.94 bits per heavy atom. The molecule has 0 bridgehead atoms. The molecule has 96 valence electrons. The van der Waals surface area contributed by atoms with Crippen molar-refractivity contribution in [3.63, 3.8) is 0 Å². The van der Waals surface area contributed by atoms with Crippen molar-refractivity contribution in [1.82, 2.24) is 24.5 Å². The van der Waals surface area contributed by atoms with Crippen LogP contribution in [0.25, 0.3) is 5.65 Å². The predicted octanol–water partition coefficient (Wildman–Crippen LogP) is -0.774. The minimum atomic E-state index is -0.328. The van der Waals surface area contributed by atoms with Crippen LogP contribution in [0.5, 0.6) is 0 Å². The van der Waals surface area contributed by atoms with Crippen LogP contribution in [-0.2, 0) is 4.79 Å². The summed E-state index contributed by atoms with van der Waals surface area (Å²) in [6.07, 6.45) is 0. The van der Waals surface area contributed by atoms with Gasteiger partial charge in [0.1, 0.15) is 11.6 Å². The maximum absolute atomic E-state index is 11.4. The highest BCUT2D eigenvalue weighted by Gasteiger charge is 2.08. The zero-order chi connectivity index (χ0) is 13.3. The maximum atomic E-state index is 11.4. The van der Waals surface area contributed by atoms with Crippen molar-refractivity contribution in [1.29, 1.82) is 0 Å². The van der Waals surface area contributed by atoms with E-state index < -0.39 is 0 Å². The monoisotopic (exact) mass is 250 g/mol. The highest BCUT2D eigenvalue weighted by molar-refractivity contribution is 5.80. The van der Waals surface area contributed by atoms with Gasteiger partial charge in [-0.1, -0.05) is 0 Å². The van der Waals surface area contributed by atoms with Gasteiger partial charge in [-0.15, -0.1) is 0 Å². The molecule has 2 heterocycles. The highest BCUT2D eigenvalue weighted by Crippen LogP contribution is 2.07. The average Bonchev–Trinajstić information content (AvgIpc) is 2.68. The Morgan fingerprint density at radius 2 is 2.28 bits per heavy atom. The number of likely N-dealkylation sites (N-methyl/N-ethyl adjacent to an activating group) is 1. The van der Waals surface area contributed by atoms with E-state index in [4.69, 9.17) is 0 Å². The van der Waals surface area contributed by atoms with Crippen molar-refractivity contribution in [3.8, 4) is 0 Å². The number of aromatic nitrogens is 4. The number of fused-ring (bicyclic) bond motifs is 1. The van der Waals surface area contributed by atoms with Crippen LogP contribution in [-0.4, -0.2) is 51.0 Å². The molecule has 8 heteroatoms. The fourth-order valence-corrected chi connectivity index (χ4v) is 1.51. The van der Waals surface area contributed by atoms with Crippen LogP contribution >= 0.6 is 0 Å². The molecule has 2 N–H and O–H groups in total. The molecule has 18 heavy (non-hydrogen) atoms. The average molecular weight is 250 g/mol. The standard InChI is InChI=1S/C10H14N6O2/c1-6-12-7(11-5-9(17)15(2)3)4-8-13-14-10(18)16(6)8/h4,11H,5H2,1-3H3,(H,14,18). The van der Waals surface area contributed by atoms with E-state index in [1.807, 2.05) is 0 Å². The number of carbonyl (C=O) groups excluding carboxylic acids is 1. The van der Waals surface area contributed by atoms with Gasteiger partial charge < -0.3 is 10.2 Å². The Balaban J connectivity index is 2.25. The second kappa shape index (κ2) is 4.47. The fourth-order valence-electron chi connectivity index (χ4n) is 1.51. The maximum Gasteiger partial charge on any atom is 0.349 e. The summed E-state index contributed by atoms with van der Waals surface area (Å²) in [5.41, 5.74) is 0.137. The lowest BCUT2D eigenvalue weighted by Crippen LogP contribution is -2.29. The third-order valence-electron chi connectivity index (χ3n) is 2.49. The summed E-state index contributed by atoms with van der Waals surface area (Å²) in [5.74, 6) is 0.953. The Hall–Kier alpha value is -2.38. The number of nitrogens with zero attached hydrogens (tertiary/aromatic N) is 4. The second-order valence-corrected chi connectivity index (χ2v) is 4.05.